The summed E-state index contributed by atoms with van der Waals surface area (Å²) in [6.07, 6.45) is 2.45. The van der Waals surface area contributed by atoms with Crippen molar-refractivity contribution in [3.63, 3.8) is 0 Å². The van der Waals surface area contributed by atoms with E-state index in [1.807, 2.05) is 32.9 Å². The lowest BCUT2D eigenvalue weighted by molar-refractivity contribution is 0.0696. The second kappa shape index (κ2) is 5.06. The fraction of sp³-hybridized carbons (Fsp3) is 0.214. The molecule has 1 aromatic carbocycles. The van der Waals surface area contributed by atoms with Gasteiger partial charge in [-0.3, -0.25) is 0 Å². The molecule has 0 aliphatic carbocycles. The first kappa shape index (κ1) is 13.0. The zero-order valence-electron chi connectivity index (χ0n) is 11.0. The Labute approximate surface area is 110 Å². The van der Waals surface area contributed by atoms with Gasteiger partial charge >= 0.3 is 12.0 Å². The van der Waals surface area contributed by atoms with Gasteiger partial charge in [0, 0.05) is 12.4 Å². The molecule has 5 heteroatoms. The minimum Gasteiger partial charge on any atom is -0.478 e. The molecule has 5 nitrogen and oxygen atoms in total. The van der Waals surface area contributed by atoms with E-state index in [2.05, 4.69) is 9.97 Å². The lowest BCUT2D eigenvalue weighted by Gasteiger charge is -2.12. The van der Waals surface area contributed by atoms with Gasteiger partial charge in [0.15, 0.2) is 0 Å². The maximum absolute atomic E-state index is 10.7. The molecule has 0 amide bonds. The van der Waals surface area contributed by atoms with Crippen LogP contribution in [0.2, 0.25) is 0 Å². The lowest BCUT2D eigenvalue weighted by Crippen LogP contribution is -2.01. The number of nitrogens with zero attached hydrogens (tertiary/aromatic N) is 2. The second-order valence-corrected chi connectivity index (χ2v) is 4.32. The van der Waals surface area contributed by atoms with E-state index in [0.717, 1.165) is 16.7 Å². The number of hydrogen-bond donors (Lipinski definition) is 1. The molecular formula is C14H14N2O3. The Hall–Kier alpha value is -2.43. The highest BCUT2D eigenvalue weighted by Crippen LogP contribution is 2.28. The van der Waals surface area contributed by atoms with E-state index in [-0.39, 0.29) is 11.6 Å². The SMILES string of the molecule is Cc1ccc(C)c(Oc2ncc(C(=O)O)cn2)c1C. The fourth-order valence-corrected chi connectivity index (χ4v) is 1.65. The van der Waals surface area contributed by atoms with Crippen LogP contribution >= 0.6 is 0 Å². The van der Waals surface area contributed by atoms with Crippen molar-refractivity contribution in [3.8, 4) is 11.8 Å². The molecule has 0 unspecified atom stereocenters. The zero-order valence-corrected chi connectivity index (χ0v) is 11.0. The van der Waals surface area contributed by atoms with E-state index in [1.54, 1.807) is 0 Å². The third-order valence-corrected chi connectivity index (χ3v) is 2.94. The van der Waals surface area contributed by atoms with E-state index in [9.17, 15) is 4.79 Å². The molecule has 0 aliphatic rings. The topological polar surface area (TPSA) is 72.3 Å². The molecule has 1 heterocycles. The number of ether oxygens (including phenoxy) is 1. The summed E-state index contributed by atoms with van der Waals surface area (Å²) >= 11 is 0. The van der Waals surface area contributed by atoms with Crippen LogP contribution < -0.4 is 4.74 Å². The summed E-state index contributed by atoms with van der Waals surface area (Å²) in [5, 5.41) is 8.77. The Balaban J connectivity index is 2.31. The third kappa shape index (κ3) is 2.70. The number of aryl methyl sites for hydroxylation is 2. The molecule has 1 aromatic heterocycles. The average molecular weight is 258 g/mol. The maximum atomic E-state index is 10.7. The molecule has 2 rings (SSSR count). The maximum Gasteiger partial charge on any atom is 0.338 e. The van der Waals surface area contributed by atoms with Crippen molar-refractivity contribution >= 4 is 5.97 Å². The summed E-state index contributed by atoms with van der Waals surface area (Å²) in [4.78, 5) is 18.5. The van der Waals surface area contributed by atoms with Crippen molar-refractivity contribution in [2.75, 3.05) is 0 Å². The average Bonchev–Trinajstić information content (AvgIpc) is 2.40. The van der Waals surface area contributed by atoms with Gasteiger partial charge in [0.05, 0.1) is 5.56 Å². The van der Waals surface area contributed by atoms with E-state index >= 15 is 0 Å². The molecule has 2 aromatic rings. The van der Waals surface area contributed by atoms with Crippen LogP contribution in [0.25, 0.3) is 0 Å². The predicted octanol–water partition coefficient (Wildman–Crippen LogP) is 2.89. The highest BCUT2D eigenvalue weighted by atomic mass is 16.5. The van der Waals surface area contributed by atoms with Crippen LogP contribution in [0.3, 0.4) is 0 Å². The lowest BCUT2D eigenvalue weighted by atomic mass is 10.1. The van der Waals surface area contributed by atoms with E-state index in [1.165, 1.54) is 12.4 Å². The minimum absolute atomic E-state index is 0.0324. The van der Waals surface area contributed by atoms with Gasteiger partial charge in [0.1, 0.15) is 5.75 Å². The first-order chi connectivity index (χ1) is 8.99. The molecule has 19 heavy (non-hydrogen) atoms. The van der Waals surface area contributed by atoms with Crippen molar-refractivity contribution in [1.82, 2.24) is 9.97 Å². The van der Waals surface area contributed by atoms with Crippen molar-refractivity contribution in [3.05, 3.63) is 46.8 Å². The van der Waals surface area contributed by atoms with Gasteiger partial charge in [-0.1, -0.05) is 12.1 Å². The molecule has 0 aliphatic heterocycles. The number of aromatic carboxylic acids is 1. The van der Waals surface area contributed by atoms with E-state index < -0.39 is 5.97 Å². The van der Waals surface area contributed by atoms with Crippen molar-refractivity contribution in [2.24, 2.45) is 0 Å². The molecular weight excluding hydrogens is 244 g/mol. The van der Waals surface area contributed by atoms with E-state index in [4.69, 9.17) is 9.84 Å². The fourth-order valence-electron chi connectivity index (χ4n) is 1.65. The number of carboxylic acid groups (broad SMARTS) is 1. The monoisotopic (exact) mass is 258 g/mol. The van der Waals surface area contributed by atoms with Crippen molar-refractivity contribution < 1.29 is 14.6 Å². The molecule has 0 atom stereocenters. The Morgan fingerprint density at radius 2 is 1.68 bits per heavy atom. The van der Waals surface area contributed by atoms with Gasteiger partial charge in [-0.25, -0.2) is 14.8 Å². The number of carbonyl (C=O) groups is 1. The molecule has 0 radical (unpaired) electrons. The van der Waals surface area contributed by atoms with Crippen molar-refractivity contribution in [2.45, 2.75) is 20.8 Å². The Kier molecular flexibility index (Phi) is 3.46. The highest BCUT2D eigenvalue weighted by molar-refractivity contribution is 5.86. The Bertz CT molecular complexity index is 621. The molecule has 0 saturated heterocycles. The molecule has 0 fully saturated rings. The van der Waals surface area contributed by atoms with Gasteiger partial charge in [0.2, 0.25) is 0 Å². The van der Waals surface area contributed by atoms with Crippen LogP contribution in [0.1, 0.15) is 27.0 Å². The van der Waals surface area contributed by atoms with Crippen LogP contribution in [0, 0.1) is 20.8 Å². The van der Waals surface area contributed by atoms with Crippen LogP contribution in [0.15, 0.2) is 24.5 Å². The van der Waals surface area contributed by atoms with Crippen LogP contribution in [0.4, 0.5) is 0 Å². The van der Waals surface area contributed by atoms with Gasteiger partial charge in [-0.2, -0.15) is 0 Å². The smallest absolute Gasteiger partial charge is 0.338 e. The van der Waals surface area contributed by atoms with Crippen molar-refractivity contribution in [1.29, 1.82) is 0 Å². The number of benzene rings is 1. The second-order valence-electron chi connectivity index (χ2n) is 4.32. The van der Waals surface area contributed by atoms with E-state index in [0.29, 0.717) is 5.75 Å². The standard InChI is InChI=1S/C14H14N2O3/c1-8-4-5-9(2)12(10(8)3)19-14-15-6-11(7-16-14)13(17)18/h4-7H,1-3H3,(H,17,18). The van der Waals surface area contributed by atoms with Crippen LogP contribution in [-0.2, 0) is 0 Å². The summed E-state index contributed by atoms with van der Waals surface area (Å²) in [5.74, 6) is -0.349. The number of carboxylic acids is 1. The largest absolute Gasteiger partial charge is 0.478 e. The summed E-state index contributed by atoms with van der Waals surface area (Å²) in [6.45, 7) is 5.90. The quantitative estimate of drug-likeness (QED) is 0.916. The minimum atomic E-state index is -1.06. The van der Waals surface area contributed by atoms with Gasteiger partial charge in [0.25, 0.3) is 0 Å². The molecule has 0 saturated carbocycles. The predicted molar refractivity (Wildman–Crippen MR) is 69.7 cm³/mol. The summed E-state index contributed by atoms with van der Waals surface area (Å²) in [6, 6.07) is 4.12. The molecule has 0 spiro atoms. The molecule has 0 bridgehead atoms. The normalized spacial score (nSPS) is 10.3. The molecule has 98 valence electrons. The van der Waals surface area contributed by atoms with Gasteiger partial charge in [-0.05, 0) is 37.5 Å². The summed E-state index contributed by atoms with van der Waals surface area (Å²) in [7, 11) is 0. The number of hydrogen-bond acceptors (Lipinski definition) is 4. The van der Waals surface area contributed by atoms with Crippen LogP contribution in [0.5, 0.6) is 11.8 Å². The van der Waals surface area contributed by atoms with Gasteiger partial charge < -0.3 is 9.84 Å². The first-order valence-electron chi connectivity index (χ1n) is 5.79. The Morgan fingerprint density at radius 3 is 2.26 bits per heavy atom. The Morgan fingerprint density at radius 1 is 1.11 bits per heavy atom. The number of rotatable bonds is 3. The summed E-state index contributed by atoms with van der Waals surface area (Å²) in [5.41, 5.74) is 3.15. The highest BCUT2D eigenvalue weighted by Gasteiger charge is 2.10. The third-order valence-electron chi connectivity index (χ3n) is 2.94. The number of aromatic nitrogens is 2. The first-order valence-corrected chi connectivity index (χ1v) is 5.79. The zero-order chi connectivity index (χ0) is 14.0. The van der Waals surface area contributed by atoms with Crippen LogP contribution in [-0.4, -0.2) is 21.0 Å². The summed E-state index contributed by atoms with van der Waals surface area (Å²) < 4.78 is 5.64. The van der Waals surface area contributed by atoms with Gasteiger partial charge in [-0.15, -0.1) is 0 Å². The molecule has 1 N–H and O–H groups in total.